The van der Waals surface area contributed by atoms with Crippen molar-refractivity contribution in [3.05, 3.63) is 101 Å². The van der Waals surface area contributed by atoms with Gasteiger partial charge in [0.1, 0.15) is 29.0 Å². The SMILES string of the molecule is COc1ccc(F)cc1/C(O)=C1\C(=O)C(=O)N(c2cc(F)ccc2F)C1c1ccccc1. The fourth-order valence-corrected chi connectivity index (χ4v) is 3.71. The number of anilines is 1. The van der Waals surface area contributed by atoms with Gasteiger partial charge in [0.25, 0.3) is 11.7 Å². The van der Waals surface area contributed by atoms with Gasteiger partial charge in [-0.05, 0) is 35.9 Å². The zero-order valence-corrected chi connectivity index (χ0v) is 16.7. The minimum Gasteiger partial charge on any atom is -0.507 e. The summed E-state index contributed by atoms with van der Waals surface area (Å²) in [5.74, 6) is -5.41. The van der Waals surface area contributed by atoms with E-state index >= 15 is 0 Å². The van der Waals surface area contributed by atoms with Crippen LogP contribution in [-0.2, 0) is 9.59 Å². The molecule has 0 saturated carbocycles. The van der Waals surface area contributed by atoms with Crippen LogP contribution in [-0.4, -0.2) is 23.9 Å². The second kappa shape index (κ2) is 8.22. The highest BCUT2D eigenvalue weighted by Crippen LogP contribution is 2.44. The number of amides is 1. The predicted octanol–water partition coefficient (Wildman–Crippen LogP) is 4.74. The lowest BCUT2D eigenvalue weighted by atomic mass is 9.95. The summed E-state index contributed by atoms with van der Waals surface area (Å²) in [4.78, 5) is 26.8. The quantitative estimate of drug-likeness (QED) is 0.362. The van der Waals surface area contributed by atoms with E-state index in [9.17, 15) is 27.9 Å². The van der Waals surface area contributed by atoms with E-state index in [1.807, 2.05) is 0 Å². The van der Waals surface area contributed by atoms with Crippen molar-refractivity contribution < 1.29 is 32.6 Å². The standard InChI is InChI=1S/C24H16F3NO4/c1-32-19-10-8-14(25)11-16(19)22(29)20-21(13-5-3-2-4-6-13)28(24(31)23(20)30)18-12-15(26)7-9-17(18)27/h2-12,21,29H,1H3/b22-20+. The van der Waals surface area contributed by atoms with Crippen LogP contribution in [0.25, 0.3) is 5.76 Å². The van der Waals surface area contributed by atoms with Gasteiger partial charge in [-0.25, -0.2) is 13.2 Å². The van der Waals surface area contributed by atoms with Gasteiger partial charge in [0.05, 0.1) is 30.0 Å². The molecule has 1 saturated heterocycles. The molecule has 3 aromatic rings. The average molecular weight is 439 g/mol. The molecule has 3 aromatic carbocycles. The Bertz CT molecular complexity index is 1260. The molecule has 8 heteroatoms. The summed E-state index contributed by atoms with van der Waals surface area (Å²) in [7, 11) is 1.29. The minimum atomic E-state index is -1.29. The Morgan fingerprint density at radius 1 is 0.938 bits per heavy atom. The van der Waals surface area contributed by atoms with Gasteiger partial charge >= 0.3 is 0 Å². The van der Waals surface area contributed by atoms with Gasteiger partial charge in [-0.3, -0.25) is 14.5 Å². The first-order chi connectivity index (χ1) is 15.3. The van der Waals surface area contributed by atoms with Crippen molar-refractivity contribution in [1.29, 1.82) is 0 Å². The predicted molar refractivity (Wildman–Crippen MR) is 111 cm³/mol. The number of ketones is 1. The highest BCUT2D eigenvalue weighted by molar-refractivity contribution is 6.51. The molecule has 0 aliphatic carbocycles. The van der Waals surface area contributed by atoms with Crippen molar-refractivity contribution >= 4 is 23.1 Å². The van der Waals surface area contributed by atoms with Gasteiger partial charge in [-0.1, -0.05) is 30.3 Å². The van der Waals surface area contributed by atoms with Crippen LogP contribution in [0.5, 0.6) is 5.75 Å². The summed E-state index contributed by atoms with van der Waals surface area (Å²) in [6, 6.07) is 12.6. The number of halogens is 3. The number of carbonyl (C=O) groups excluding carboxylic acids is 2. The Balaban J connectivity index is 2.01. The normalized spacial score (nSPS) is 17.6. The third-order valence-corrected chi connectivity index (χ3v) is 5.14. The topological polar surface area (TPSA) is 66.8 Å². The first-order valence-electron chi connectivity index (χ1n) is 9.48. The lowest BCUT2D eigenvalue weighted by Crippen LogP contribution is -2.30. The fraction of sp³-hybridized carbons (Fsp3) is 0.0833. The van der Waals surface area contributed by atoms with Gasteiger partial charge in [0, 0.05) is 6.07 Å². The van der Waals surface area contributed by atoms with Crippen molar-refractivity contribution in [3.8, 4) is 5.75 Å². The Labute approximate surface area is 181 Å². The number of hydrogen-bond acceptors (Lipinski definition) is 4. The summed E-state index contributed by atoms with van der Waals surface area (Å²) in [6.45, 7) is 0. The molecule has 0 aromatic heterocycles. The molecule has 32 heavy (non-hydrogen) atoms. The molecule has 1 atom stereocenters. The lowest BCUT2D eigenvalue weighted by Gasteiger charge is -2.26. The van der Waals surface area contributed by atoms with E-state index in [-0.39, 0.29) is 11.3 Å². The van der Waals surface area contributed by atoms with Crippen LogP contribution in [0.1, 0.15) is 17.2 Å². The first-order valence-corrected chi connectivity index (χ1v) is 9.48. The Morgan fingerprint density at radius 3 is 2.28 bits per heavy atom. The van der Waals surface area contributed by atoms with Gasteiger partial charge < -0.3 is 9.84 Å². The van der Waals surface area contributed by atoms with Gasteiger partial charge in [-0.15, -0.1) is 0 Å². The third-order valence-electron chi connectivity index (χ3n) is 5.14. The van der Waals surface area contributed by atoms with E-state index in [1.54, 1.807) is 30.3 Å². The largest absolute Gasteiger partial charge is 0.507 e. The van der Waals surface area contributed by atoms with Crippen molar-refractivity contribution in [2.75, 3.05) is 12.0 Å². The summed E-state index contributed by atoms with van der Waals surface area (Å²) >= 11 is 0. The molecule has 4 rings (SSSR count). The number of Topliss-reactive ketones (excluding diaryl/α,β-unsaturated/α-hetero) is 1. The van der Waals surface area contributed by atoms with E-state index in [4.69, 9.17) is 4.74 Å². The van der Waals surface area contributed by atoms with Crippen molar-refractivity contribution in [2.24, 2.45) is 0 Å². The highest BCUT2D eigenvalue weighted by Gasteiger charge is 2.48. The smallest absolute Gasteiger partial charge is 0.300 e. The number of carbonyl (C=O) groups is 2. The van der Waals surface area contributed by atoms with E-state index in [2.05, 4.69) is 0 Å². The second-order valence-corrected chi connectivity index (χ2v) is 7.02. The molecule has 1 aliphatic rings. The number of hydrogen-bond donors (Lipinski definition) is 1. The molecular weight excluding hydrogens is 423 g/mol. The van der Waals surface area contributed by atoms with E-state index < -0.39 is 52.2 Å². The highest BCUT2D eigenvalue weighted by atomic mass is 19.1. The average Bonchev–Trinajstić information content (AvgIpc) is 3.06. The molecule has 0 spiro atoms. The minimum absolute atomic E-state index is 0.0545. The van der Waals surface area contributed by atoms with Crippen LogP contribution in [0.4, 0.5) is 18.9 Å². The van der Waals surface area contributed by atoms with E-state index in [0.717, 1.165) is 35.2 Å². The molecule has 0 bridgehead atoms. The maximum absolute atomic E-state index is 14.6. The summed E-state index contributed by atoms with van der Waals surface area (Å²) in [6.07, 6.45) is 0. The van der Waals surface area contributed by atoms with Gasteiger partial charge in [0.15, 0.2) is 0 Å². The summed E-state index contributed by atoms with van der Waals surface area (Å²) in [5, 5.41) is 11.0. The number of benzene rings is 3. The van der Waals surface area contributed by atoms with E-state index in [0.29, 0.717) is 5.56 Å². The van der Waals surface area contributed by atoms with Crippen LogP contribution in [0.3, 0.4) is 0 Å². The van der Waals surface area contributed by atoms with Gasteiger partial charge in [-0.2, -0.15) is 0 Å². The fourth-order valence-electron chi connectivity index (χ4n) is 3.71. The maximum Gasteiger partial charge on any atom is 0.300 e. The molecule has 1 unspecified atom stereocenters. The van der Waals surface area contributed by atoms with Crippen molar-refractivity contribution in [1.82, 2.24) is 0 Å². The Kier molecular flexibility index (Phi) is 5.44. The summed E-state index contributed by atoms with van der Waals surface area (Å²) in [5.41, 5.74) is -0.682. The molecule has 1 N–H and O–H groups in total. The molecule has 0 radical (unpaired) electrons. The van der Waals surface area contributed by atoms with E-state index in [1.165, 1.54) is 13.2 Å². The van der Waals surface area contributed by atoms with Crippen molar-refractivity contribution in [3.63, 3.8) is 0 Å². The Hall–Kier alpha value is -4.07. The van der Waals surface area contributed by atoms with Crippen LogP contribution in [0.2, 0.25) is 0 Å². The van der Waals surface area contributed by atoms with Crippen LogP contribution < -0.4 is 9.64 Å². The molecule has 162 valence electrons. The van der Waals surface area contributed by atoms with Crippen LogP contribution >= 0.6 is 0 Å². The molecule has 1 aliphatic heterocycles. The zero-order chi connectivity index (χ0) is 23.0. The zero-order valence-electron chi connectivity index (χ0n) is 16.7. The number of aliphatic hydroxyl groups is 1. The molecule has 1 amide bonds. The molecular formula is C24H16F3NO4. The van der Waals surface area contributed by atoms with Crippen molar-refractivity contribution in [2.45, 2.75) is 6.04 Å². The number of rotatable bonds is 4. The first kappa shape index (κ1) is 21.2. The van der Waals surface area contributed by atoms with Gasteiger partial charge in [0.2, 0.25) is 0 Å². The Morgan fingerprint density at radius 2 is 1.59 bits per heavy atom. The molecule has 1 heterocycles. The molecule has 1 fully saturated rings. The third kappa shape index (κ3) is 3.49. The number of methoxy groups -OCH3 is 1. The monoisotopic (exact) mass is 439 g/mol. The summed E-state index contributed by atoms with van der Waals surface area (Å²) < 4.78 is 47.6. The second-order valence-electron chi connectivity index (χ2n) is 7.02. The molecule has 5 nitrogen and oxygen atoms in total. The number of nitrogens with zero attached hydrogens (tertiary/aromatic N) is 1. The lowest BCUT2D eigenvalue weighted by molar-refractivity contribution is -0.132. The number of ether oxygens (including phenoxy) is 1. The maximum atomic E-state index is 14.6. The number of aliphatic hydroxyl groups excluding tert-OH is 1. The van der Waals surface area contributed by atoms with Crippen LogP contribution in [0, 0.1) is 17.5 Å². The van der Waals surface area contributed by atoms with Crippen LogP contribution in [0.15, 0.2) is 72.3 Å².